The summed E-state index contributed by atoms with van der Waals surface area (Å²) in [5.41, 5.74) is 6.69. The number of ether oxygens (including phenoxy) is 1. The summed E-state index contributed by atoms with van der Waals surface area (Å²) in [5, 5.41) is 1.07. The number of aryl methyl sites for hydroxylation is 1. The molecular weight excluding hydrogens is 232 g/mol. The summed E-state index contributed by atoms with van der Waals surface area (Å²) < 4.78 is 5.86. The molecule has 0 aliphatic rings. The lowest BCUT2D eigenvalue weighted by Crippen LogP contribution is -2.24. The molecule has 0 aromatic carbocycles. The lowest BCUT2D eigenvalue weighted by molar-refractivity contribution is -0.0325. The van der Waals surface area contributed by atoms with Crippen LogP contribution in [0, 0.1) is 0 Å². The van der Waals surface area contributed by atoms with Crippen molar-refractivity contribution in [1.29, 1.82) is 0 Å². The maximum absolute atomic E-state index is 5.86. The quantitative estimate of drug-likeness (QED) is 0.815. The second kappa shape index (κ2) is 6.47. The first-order valence-corrected chi connectivity index (χ1v) is 7.25. The summed E-state index contributed by atoms with van der Waals surface area (Å²) in [6.07, 6.45) is 3.05. The lowest BCUT2D eigenvalue weighted by Gasteiger charge is -2.25. The number of aromatic nitrogens is 1. The van der Waals surface area contributed by atoms with Gasteiger partial charge < -0.3 is 10.5 Å². The van der Waals surface area contributed by atoms with Crippen molar-refractivity contribution in [3.63, 3.8) is 0 Å². The second-order valence-electron chi connectivity index (χ2n) is 4.36. The Morgan fingerprint density at radius 2 is 2.06 bits per heavy atom. The van der Waals surface area contributed by atoms with E-state index in [2.05, 4.69) is 20.8 Å². The molecule has 0 saturated heterocycles. The van der Waals surface area contributed by atoms with E-state index in [0.717, 1.165) is 30.0 Å². The molecule has 1 unspecified atom stereocenters. The van der Waals surface area contributed by atoms with E-state index in [1.807, 2.05) is 6.92 Å². The summed E-state index contributed by atoms with van der Waals surface area (Å²) in [6.45, 7) is 9.74. The highest BCUT2D eigenvalue weighted by Crippen LogP contribution is 2.34. The highest BCUT2D eigenvalue weighted by Gasteiger charge is 2.29. The molecule has 0 radical (unpaired) electrons. The average Bonchev–Trinajstić information content (AvgIpc) is 2.73. The second-order valence-corrected chi connectivity index (χ2v) is 5.44. The standard InChI is InChI=1S/C13H24N2OS/c1-5-8-10-11(9-14)17-12(15-10)13(4,6-2)16-7-3/h5-9,14H2,1-4H3. The van der Waals surface area contributed by atoms with Crippen molar-refractivity contribution in [2.45, 2.75) is 59.1 Å². The highest BCUT2D eigenvalue weighted by atomic mass is 32.1. The lowest BCUT2D eigenvalue weighted by atomic mass is 10.0. The van der Waals surface area contributed by atoms with Crippen molar-refractivity contribution in [2.75, 3.05) is 6.61 Å². The molecule has 2 N–H and O–H groups in total. The van der Waals surface area contributed by atoms with Crippen LogP contribution >= 0.6 is 11.3 Å². The van der Waals surface area contributed by atoms with Gasteiger partial charge in [-0.25, -0.2) is 4.98 Å². The minimum atomic E-state index is -0.255. The molecule has 0 bridgehead atoms. The predicted octanol–water partition coefficient (Wildman–Crippen LogP) is 3.22. The molecule has 0 amide bonds. The molecule has 1 rings (SSSR count). The minimum Gasteiger partial charge on any atom is -0.368 e. The Labute approximate surface area is 108 Å². The van der Waals surface area contributed by atoms with Gasteiger partial charge in [-0.1, -0.05) is 20.3 Å². The Morgan fingerprint density at radius 3 is 2.53 bits per heavy atom. The van der Waals surface area contributed by atoms with Crippen LogP contribution in [0.5, 0.6) is 0 Å². The highest BCUT2D eigenvalue weighted by molar-refractivity contribution is 7.11. The summed E-state index contributed by atoms with van der Waals surface area (Å²) in [6, 6.07) is 0. The van der Waals surface area contributed by atoms with Crippen LogP contribution in [0.2, 0.25) is 0 Å². The number of hydrogen-bond acceptors (Lipinski definition) is 4. The molecule has 0 aliphatic heterocycles. The van der Waals surface area contributed by atoms with Gasteiger partial charge in [0, 0.05) is 18.0 Å². The number of thiazole rings is 1. The molecule has 1 aromatic heterocycles. The van der Waals surface area contributed by atoms with Gasteiger partial charge in [-0.3, -0.25) is 0 Å². The van der Waals surface area contributed by atoms with Crippen molar-refractivity contribution < 1.29 is 4.74 Å². The largest absolute Gasteiger partial charge is 0.368 e. The summed E-state index contributed by atoms with van der Waals surface area (Å²) >= 11 is 1.71. The SMILES string of the molecule is CCCc1nc(C(C)(CC)OCC)sc1CN. The third kappa shape index (κ3) is 3.27. The fourth-order valence-electron chi connectivity index (χ4n) is 1.83. The first-order chi connectivity index (χ1) is 8.11. The fourth-order valence-corrected chi connectivity index (χ4v) is 2.99. The van der Waals surface area contributed by atoms with Crippen molar-refractivity contribution in [2.24, 2.45) is 5.73 Å². The van der Waals surface area contributed by atoms with Crippen LogP contribution in [0.1, 0.15) is 56.1 Å². The molecule has 17 heavy (non-hydrogen) atoms. The third-order valence-corrected chi connectivity index (χ3v) is 4.41. The van der Waals surface area contributed by atoms with Gasteiger partial charge in [0.05, 0.1) is 5.69 Å². The first kappa shape index (κ1) is 14.6. The van der Waals surface area contributed by atoms with Crippen LogP contribution in [-0.2, 0) is 23.3 Å². The summed E-state index contributed by atoms with van der Waals surface area (Å²) in [7, 11) is 0. The monoisotopic (exact) mass is 256 g/mol. The Kier molecular flexibility index (Phi) is 5.56. The number of nitrogens with zero attached hydrogens (tertiary/aromatic N) is 1. The average molecular weight is 256 g/mol. The fraction of sp³-hybridized carbons (Fsp3) is 0.769. The normalized spacial score (nSPS) is 14.9. The van der Waals surface area contributed by atoms with Crippen LogP contribution in [0.15, 0.2) is 0 Å². The Balaban J connectivity index is 3.04. The van der Waals surface area contributed by atoms with Gasteiger partial charge in [0.25, 0.3) is 0 Å². The molecule has 1 atom stereocenters. The van der Waals surface area contributed by atoms with Gasteiger partial charge >= 0.3 is 0 Å². The minimum absolute atomic E-state index is 0.255. The van der Waals surface area contributed by atoms with Gasteiger partial charge in [-0.15, -0.1) is 11.3 Å². The molecule has 0 aliphatic carbocycles. The van der Waals surface area contributed by atoms with Gasteiger partial charge in [0.15, 0.2) is 0 Å². The predicted molar refractivity (Wildman–Crippen MR) is 73.3 cm³/mol. The summed E-state index contributed by atoms with van der Waals surface area (Å²) in [5.74, 6) is 0. The molecule has 0 spiro atoms. The molecule has 1 aromatic rings. The summed E-state index contributed by atoms with van der Waals surface area (Å²) in [4.78, 5) is 5.96. The topological polar surface area (TPSA) is 48.1 Å². The van der Waals surface area contributed by atoms with Crippen molar-refractivity contribution in [3.8, 4) is 0 Å². The van der Waals surface area contributed by atoms with Crippen molar-refractivity contribution in [1.82, 2.24) is 4.98 Å². The maximum atomic E-state index is 5.86. The van der Waals surface area contributed by atoms with Crippen LogP contribution in [0.25, 0.3) is 0 Å². The smallest absolute Gasteiger partial charge is 0.125 e. The van der Waals surface area contributed by atoms with Crippen LogP contribution < -0.4 is 5.73 Å². The van der Waals surface area contributed by atoms with E-state index in [4.69, 9.17) is 15.5 Å². The van der Waals surface area contributed by atoms with Gasteiger partial charge in [-0.2, -0.15) is 0 Å². The molecule has 98 valence electrons. The van der Waals surface area contributed by atoms with E-state index in [-0.39, 0.29) is 5.60 Å². The number of hydrogen-bond donors (Lipinski definition) is 1. The van der Waals surface area contributed by atoms with E-state index in [1.165, 1.54) is 4.88 Å². The van der Waals surface area contributed by atoms with Crippen LogP contribution in [-0.4, -0.2) is 11.6 Å². The van der Waals surface area contributed by atoms with E-state index >= 15 is 0 Å². The molecule has 0 saturated carbocycles. The Bertz CT molecular complexity index is 351. The van der Waals surface area contributed by atoms with E-state index in [9.17, 15) is 0 Å². The first-order valence-electron chi connectivity index (χ1n) is 6.44. The van der Waals surface area contributed by atoms with Gasteiger partial charge in [0.2, 0.25) is 0 Å². The van der Waals surface area contributed by atoms with Crippen LogP contribution in [0.3, 0.4) is 0 Å². The zero-order valence-electron chi connectivity index (χ0n) is 11.4. The molecule has 0 fully saturated rings. The van der Waals surface area contributed by atoms with Gasteiger partial charge in [-0.05, 0) is 26.7 Å². The third-order valence-electron chi connectivity index (χ3n) is 3.04. The molecule has 1 heterocycles. The van der Waals surface area contributed by atoms with Crippen molar-refractivity contribution >= 4 is 11.3 Å². The number of rotatable bonds is 7. The van der Waals surface area contributed by atoms with Crippen LogP contribution in [0.4, 0.5) is 0 Å². The van der Waals surface area contributed by atoms with Crippen molar-refractivity contribution in [3.05, 3.63) is 15.6 Å². The Morgan fingerprint density at radius 1 is 1.35 bits per heavy atom. The van der Waals surface area contributed by atoms with E-state index in [1.54, 1.807) is 11.3 Å². The van der Waals surface area contributed by atoms with E-state index in [0.29, 0.717) is 13.2 Å². The zero-order valence-corrected chi connectivity index (χ0v) is 12.2. The zero-order chi connectivity index (χ0) is 12.9. The maximum Gasteiger partial charge on any atom is 0.125 e. The molecular formula is C13H24N2OS. The number of nitrogens with two attached hydrogens (primary N) is 1. The van der Waals surface area contributed by atoms with Gasteiger partial charge in [0.1, 0.15) is 10.6 Å². The molecule has 3 nitrogen and oxygen atoms in total. The molecule has 4 heteroatoms. The Hall–Kier alpha value is -0.450. The van der Waals surface area contributed by atoms with E-state index < -0.39 is 0 Å².